The largest absolute Gasteiger partial charge is 0.495 e. The molecule has 0 amide bonds. The van der Waals surface area contributed by atoms with Crippen molar-refractivity contribution in [3.63, 3.8) is 0 Å². The van der Waals surface area contributed by atoms with Gasteiger partial charge in [0.05, 0.1) is 23.2 Å². The van der Waals surface area contributed by atoms with E-state index in [4.69, 9.17) is 26.1 Å². The van der Waals surface area contributed by atoms with Crippen molar-refractivity contribution in [3.05, 3.63) is 53.1 Å². The van der Waals surface area contributed by atoms with Crippen LogP contribution in [0.3, 0.4) is 0 Å². The number of thioether (sulfide) groups is 1. The lowest BCUT2D eigenvalue weighted by molar-refractivity contribution is -0.177. The van der Waals surface area contributed by atoms with E-state index in [2.05, 4.69) is 18.4 Å². The van der Waals surface area contributed by atoms with Gasteiger partial charge in [-0.1, -0.05) is 54.4 Å². The molecule has 1 saturated carbocycles. The van der Waals surface area contributed by atoms with Gasteiger partial charge in [0, 0.05) is 12.5 Å². The molecule has 3 aromatic rings. The first kappa shape index (κ1) is 26.1. The number of benzene rings is 2. The Morgan fingerprint density at radius 3 is 2.62 bits per heavy atom. The number of methoxy groups -OCH3 is 1. The first-order valence-corrected chi connectivity index (χ1v) is 14.3. The quantitative estimate of drug-likeness (QED) is 0.231. The summed E-state index contributed by atoms with van der Waals surface area (Å²) in [5, 5.41) is 0.322. The third-order valence-corrected chi connectivity index (χ3v) is 9.22. The molecule has 2 aliphatic rings. The SMILES string of the molecule is COc1ccc(CCC2(C3CCCC3)CC(=O)C(Sc3nc4ccccc4n3C(C)C)C(=O)O2)cc1Cl. The Morgan fingerprint density at radius 2 is 1.95 bits per heavy atom. The molecule has 1 aromatic heterocycles. The number of ether oxygens (including phenoxy) is 2. The van der Waals surface area contributed by atoms with Gasteiger partial charge < -0.3 is 14.0 Å². The van der Waals surface area contributed by atoms with Gasteiger partial charge in [0.1, 0.15) is 11.4 Å². The maximum absolute atomic E-state index is 13.6. The van der Waals surface area contributed by atoms with Crippen molar-refractivity contribution in [2.45, 2.75) is 80.8 Å². The second kappa shape index (κ2) is 10.7. The summed E-state index contributed by atoms with van der Waals surface area (Å²) in [5.41, 5.74) is 2.12. The van der Waals surface area contributed by atoms with Gasteiger partial charge in [0.15, 0.2) is 16.2 Å². The van der Waals surface area contributed by atoms with E-state index in [0.717, 1.165) is 42.3 Å². The molecule has 1 aliphatic heterocycles. The van der Waals surface area contributed by atoms with E-state index in [1.165, 1.54) is 11.8 Å². The van der Waals surface area contributed by atoms with Crippen LogP contribution in [0.2, 0.25) is 5.02 Å². The molecular weight excluding hydrogens is 508 g/mol. The summed E-state index contributed by atoms with van der Waals surface area (Å²) in [6, 6.07) is 13.8. The maximum Gasteiger partial charge on any atom is 0.327 e. The topological polar surface area (TPSA) is 70.4 Å². The Balaban J connectivity index is 1.38. The number of fused-ring (bicyclic) bond motifs is 1. The molecule has 8 heteroatoms. The van der Waals surface area contributed by atoms with Crippen LogP contribution in [-0.2, 0) is 20.7 Å². The Bertz CT molecular complexity index is 1300. The maximum atomic E-state index is 13.6. The fraction of sp³-hybridized carbons (Fsp3) is 0.483. The number of rotatable bonds is 8. The lowest BCUT2D eigenvalue weighted by atomic mass is 9.76. The molecule has 6 nitrogen and oxygen atoms in total. The fourth-order valence-corrected chi connectivity index (χ4v) is 7.30. The number of carbonyl (C=O) groups excluding carboxylic acids is 2. The number of Topliss-reactive ketones (excluding diaryl/α,β-unsaturated/α-hetero) is 1. The van der Waals surface area contributed by atoms with Gasteiger partial charge >= 0.3 is 5.97 Å². The van der Waals surface area contributed by atoms with Crippen LogP contribution in [-0.4, -0.2) is 39.3 Å². The number of halogens is 1. The summed E-state index contributed by atoms with van der Waals surface area (Å²) in [5.74, 6) is 0.314. The number of nitrogens with zero attached hydrogens (tertiary/aromatic N) is 2. The van der Waals surface area contributed by atoms with E-state index >= 15 is 0 Å². The highest BCUT2D eigenvalue weighted by atomic mass is 35.5. The number of ketones is 1. The normalized spacial score (nSPS) is 22.7. The highest BCUT2D eigenvalue weighted by molar-refractivity contribution is 8.01. The van der Waals surface area contributed by atoms with E-state index in [1.54, 1.807) is 7.11 Å². The molecule has 2 heterocycles. The van der Waals surface area contributed by atoms with Crippen LogP contribution in [0.15, 0.2) is 47.6 Å². The molecule has 0 spiro atoms. The molecule has 37 heavy (non-hydrogen) atoms. The van der Waals surface area contributed by atoms with Crippen molar-refractivity contribution >= 4 is 46.1 Å². The van der Waals surface area contributed by atoms with Crippen LogP contribution < -0.4 is 4.74 Å². The summed E-state index contributed by atoms with van der Waals surface area (Å²) < 4.78 is 13.7. The molecule has 0 N–H and O–H groups in total. The summed E-state index contributed by atoms with van der Waals surface area (Å²) in [6.45, 7) is 4.16. The molecule has 2 aromatic carbocycles. The van der Waals surface area contributed by atoms with Crippen molar-refractivity contribution in [1.82, 2.24) is 9.55 Å². The number of carbonyl (C=O) groups is 2. The third-order valence-electron chi connectivity index (χ3n) is 7.74. The predicted octanol–water partition coefficient (Wildman–Crippen LogP) is 6.82. The van der Waals surface area contributed by atoms with Crippen molar-refractivity contribution in [3.8, 4) is 5.75 Å². The van der Waals surface area contributed by atoms with Gasteiger partial charge in [-0.05, 0) is 75.3 Å². The molecule has 196 valence electrons. The molecule has 2 fully saturated rings. The fourth-order valence-electron chi connectivity index (χ4n) is 5.88. The molecule has 1 saturated heterocycles. The number of cyclic esters (lactones) is 1. The Morgan fingerprint density at radius 1 is 1.19 bits per heavy atom. The first-order chi connectivity index (χ1) is 17.8. The van der Waals surface area contributed by atoms with E-state index in [-0.39, 0.29) is 24.2 Å². The van der Waals surface area contributed by atoms with Gasteiger partial charge in [-0.15, -0.1) is 0 Å². The molecule has 1 aliphatic carbocycles. The molecule has 2 unspecified atom stereocenters. The van der Waals surface area contributed by atoms with Crippen LogP contribution in [0, 0.1) is 5.92 Å². The average Bonchev–Trinajstić information content (AvgIpc) is 3.53. The molecular formula is C29H33ClN2O4S. The van der Waals surface area contributed by atoms with Crippen molar-refractivity contribution < 1.29 is 19.1 Å². The summed E-state index contributed by atoms with van der Waals surface area (Å²) in [4.78, 5) is 31.9. The Kier molecular flexibility index (Phi) is 7.55. The zero-order valence-corrected chi connectivity index (χ0v) is 23.1. The number of aromatic nitrogens is 2. The van der Waals surface area contributed by atoms with Gasteiger partial charge in [-0.2, -0.15) is 0 Å². The molecule has 0 bridgehead atoms. The highest BCUT2D eigenvalue weighted by Crippen LogP contribution is 2.46. The summed E-state index contributed by atoms with van der Waals surface area (Å²) >= 11 is 7.57. The zero-order chi connectivity index (χ0) is 26.2. The number of hydrogen-bond donors (Lipinski definition) is 0. The molecule has 2 atom stereocenters. The van der Waals surface area contributed by atoms with Crippen LogP contribution in [0.4, 0.5) is 0 Å². The van der Waals surface area contributed by atoms with Gasteiger partial charge in [0.25, 0.3) is 0 Å². The number of imidazole rings is 1. The smallest absolute Gasteiger partial charge is 0.327 e. The summed E-state index contributed by atoms with van der Waals surface area (Å²) in [7, 11) is 1.59. The van der Waals surface area contributed by atoms with Crippen molar-refractivity contribution in [2.24, 2.45) is 5.92 Å². The molecule has 0 radical (unpaired) electrons. The number of hydrogen-bond acceptors (Lipinski definition) is 6. The average molecular weight is 541 g/mol. The number of para-hydroxylation sites is 2. The van der Waals surface area contributed by atoms with Crippen molar-refractivity contribution in [2.75, 3.05) is 7.11 Å². The summed E-state index contributed by atoms with van der Waals surface area (Å²) in [6.07, 6.45) is 5.66. The van der Waals surface area contributed by atoms with E-state index < -0.39 is 16.8 Å². The minimum absolute atomic E-state index is 0.0664. The number of esters is 1. The lowest BCUT2D eigenvalue weighted by Crippen LogP contribution is -2.53. The lowest BCUT2D eigenvalue weighted by Gasteiger charge is -2.42. The Hall–Kier alpha value is -2.51. The van der Waals surface area contributed by atoms with Crippen LogP contribution in [0.25, 0.3) is 11.0 Å². The predicted molar refractivity (Wildman–Crippen MR) is 146 cm³/mol. The van der Waals surface area contributed by atoms with Crippen LogP contribution in [0.5, 0.6) is 5.75 Å². The first-order valence-electron chi connectivity index (χ1n) is 13.0. The van der Waals surface area contributed by atoms with Crippen LogP contribution in [0.1, 0.15) is 64.0 Å². The van der Waals surface area contributed by atoms with E-state index in [1.807, 2.05) is 42.5 Å². The van der Waals surface area contributed by atoms with Gasteiger partial charge in [-0.3, -0.25) is 9.59 Å². The van der Waals surface area contributed by atoms with Crippen LogP contribution >= 0.6 is 23.4 Å². The standard InChI is InChI=1S/C29H33ClN2O4S/c1-18(2)32-23-11-7-6-10-22(23)31-28(32)37-26-24(33)17-29(36-27(26)34,20-8-4-5-9-20)15-14-19-12-13-25(35-3)21(30)16-19/h6-7,10-13,16,18,20,26H,4-5,8-9,14-15,17H2,1-3H3. The van der Waals surface area contributed by atoms with E-state index in [9.17, 15) is 9.59 Å². The van der Waals surface area contributed by atoms with E-state index in [0.29, 0.717) is 28.8 Å². The van der Waals surface area contributed by atoms with Crippen molar-refractivity contribution in [1.29, 1.82) is 0 Å². The second-order valence-electron chi connectivity index (χ2n) is 10.4. The number of aryl methyl sites for hydroxylation is 1. The molecule has 5 rings (SSSR count). The monoisotopic (exact) mass is 540 g/mol. The minimum Gasteiger partial charge on any atom is -0.495 e. The van der Waals surface area contributed by atoms with Gasteiger partial charge in [-0.25, -0.2) is 4.98 Å². The second-order valence-corrected chi connectivity index (χ2v) is 11.9. The zero-order valence-electron chi connectivity index (χ0n) is 21.5. The minimum atomic E-state index is -0.903. The highest BCUT2D eigenvalue weighted by Gasteiger charge is 2.52. The third kappa shape index (κ3) is 5.13. The van der Waals surface area contributed by atoms with Gasteiger partial charge in [0.2, 0.25) is 0 Å². The Labute approximate surface area is 227 Å².